The molecule has 96 valence electrons. The Morgan fingerprint density at radius 2 is 2.28 bits per heavy atom. The molecule has 0 radical (unpaired) electrons. The minimum Gasteiger partial charge on any atom is -0.310 e. The largest absolute Gasteiger partial charge is 0.310 e. The number of fused-ring (bicyclic) bond motifs is 2. The van der Waals surface area contributed by atoms with E-state index in [0.29, 0.717) is 11.7 Å². The molecule has 0 saturated heterocycles. The van der Waals surface area contributed by atoms with Gasteiger partial charge in [-0.25, -0.2) is 4.98 Å². The Labute approximate surface area is 116 Å². The smallest absolute Gasteiger partial charge is 0.228 e. The summed E-state index contributed by atoms with van der Waals surface area (Å²) in [7, 11) is 0. The lowest BCUT2D eigenvalue weighted by Crippen LogP contribution is -2.27. The Morgan fingerprint density at radius 1 is 1.44 bits per heavy atom. The second kappa shape index (κ2) is 4.65. The monoisotopic (exact) mass is 308 g/mol. The first-order valence-electron chi connectivity index (χ1n) is 6.56. The zero-order valence-corrected chi connectivity index (χ0v) is 12.0. The number of aromatic nitrogens is 1. The van der Waals surface area contributed by atoms with Crippen LogP contribution in [-0.4, -0.2) is 10.9 Å². The van der Waals surface area contributed by atoms with Crippen molar-refractivity contribution in [3.05, 3.63) is 22.3 Å². The van der Waals surface area contributed by atoms with Crippen molar-refractivity contribution in [3.63, 3.8) is 0 Å². The highest BCUT2D eigenvalue weighted by atomic mass is 79.9. The van der Waals surface area contributed by atoms with Gasteiger partial charge >= 0.3 is 0 Å². The number of hydrogen-bond acceptors (Lipinski definition) is 2. The minimum absolute atomic E-state index is 0.163. The van der Waals surface area contributed by atoms with Crippen LogP contribution in [0, 0.1) is 24.7 Å². The van der Waals surface area contributed by atoms with E-state index in [2.05, 4.69) is 26.2 Å². The van der Waals surface area contributed by atoms with Crippen molar-refractivity contribution in [2.24, 2.45) is 17.8 Å². The molecule has 3 atom stereocenters. The average molecular weight is 309 g/mol. The third-order valence-corrected chi connectivity index (χ3v) is 5.20. The van der Waals surface area contributed by atoms with Crippen molar-refractivity contribution in [1.82, 2.24) is 4.98 Å². The van der Waals surface area contributed by atoms with Gasteiger partial charge in [-0.2, -0.15) is 0 Å². The number of amides is 1. The number of anilines is 1. The molecule has 1 amide bonds. The fraction of sp³-hybridized carbons (Fsp3) is 0.571. The summed E-state index contributed by atoms with van der Waals surface area (Å²) < 4.78 is 0.973. The van der Waals surface area contributed by atoms with Crippen LogP contribution in [0.4, 0.5) is 5.82 Å². The first-order chi connectivity index (χ1) is 8.63. The maximum absolute atomic E-state index is 12.2. The number of rotatable bonds is 2. The molecule has 1 N–H and O–H groups in total. The topological polar surface area (TPSA) is 42.0 Å². The molecule has 3 nitrogen and oxygen atoms in total. The molecular formula is C14H17BrN2O. The summed E-state index contributed by atoms with van der Waals surface area (Å²) in [6, 6.07) is 1.91. The highest BCUT2D eigenvalue weighted by Crippen LogP contribution is 2.48. The molecule has 3 rings (SSSR count). The predicted octanol–water partition coefficient (Wildman–Crippen LogP) is 3.53. The Kier molecular flexibility index (Phi) is 3.14. The second-order valence-electron chi connectivity index (χ2n) is 5.59. The van der Waals surface area contributed by atoms with Gasteiger partial charge in [-0.05, 0) is 65.6 Å². The van der Waals surface area contributed by atoms with Crippen molar-refractivity contribution in [3.8, 4) is 0 Å². The Morgan fingerprint density at radius 3 is 2.89 bits per heavy atom. The molecule has 1 aromatic heterocycles. The summed E-state index contributed by atoms with van der Waals surface area (Å²) >= 11 is 3.41. The van der Waals surface area contributed by atoms with Crippen LogP contribution in [0.15, 0.2) is 16.7 Å². The van der Waals surface area contributed by atoms with Gasteiger partial charge in [0.05, 0.1) is 0 Å². The minimum atomic E-state index is 0.163. The normalized spacial score (nSPS) is 29.6. The second-order valence-corrected chi connectivity index (χ2v) is 6.44. The molecule has 4 heteroatoms. The van der Waals surface area contributed by atoms with E-state index in [1.807, 2.05) is 13.0 Å². The third-order valence-electron chi connectivity index (χ3n) is 4.37. The van der Waals surface area contributed by atoms with E-state index in [9.17, 15) is 4.79 Å². The van der Waals surface area contributed by atoms with Crippen LogP contribution in [0.2, 0.25) is 0 Å². The molecule has 0 aliphatic heterocycles. The van der Waals surface area contributed by atoms with E-state index >= 15 is 0 Å². The van der Waals surface area contributed by atoms with Crippen LogP contribution in [0.25, 0.3) is 0 Å². The lowest BCUT2D eigenvalue weighted by molar-refractivity contribution is -0.121. The molecule has 3 unspecified atom stereocenters. The van der Waals surface area contributed by atoms with E-state index in [0.717, 1.165) is 22.4 Å². The number of aryl methyl sites for hydroxylation is 1. The van der Waals surface area contributed by atoms with Crippen molar-refractivity contribution in [2.75, 3.05) is 5.32 Å². The van der Waals surface area contributed by atoms with E-state index in [-0.39, 0.29) is 11.8 Å². The number of pyridine rings is 1. The molecule has 2 bridgehead atoms. The quantitative estimate of drug-likeness (QED) is 0.908. The Balaban J connectivity index is 1.69. The molecule has 1 aromatic rings. The summed E-state index contributed by atoms with van der Waals surface area (Å²) in [4.78, 5) is 16.5. The summed E-state index contributed by atoms with van der Waals surface area (Å²) in [5.41, 5.74) is 1.09. The van der Waals surface area contributed by atoms with E-state index in [1.165, 1.54) is 19.3 Å². The standard InChI is InChI=1S/C14H17BrN2O/c1-8-4-13(16-7-12(8)15)17-14(18)11-6-9-2-3-10(11)5-9/h4,7,9-11H,2-3,5-6H2,1H3,(H,16,17,18). The molecule has 2 saturated carbocycles. The van der Waals surface area contributed by atoms with Gasteiger partial charge in [-0.1, -0.05) is 6.42 Å². The fourth-order valence-corrected chi connectivity index (χ4v) is 3.61. The van der Waals surface area contributed by atoms with Crippen molar-refractivity contribution in [2.45, 2.75) is 32.6 Å². The fourth-order valence-electron chi connectivity index (χ4n) is 3.39. The Hall–Kier alpha value is -0.900. The van der Waals surface area contributed by atoms with Crippen LogP contribution in [0.5, 0.6) is 0 Å². The molecule has 2 aliphatic rings. The van der Waals surface area contributed by atoms with Gasteiger partial charge in [0, 0.05) is 16.6 Å². The van der Waals surface area contributed by atoms with E-state index in [1.54, 1.807) is 6.20 Å². The average Bonchev–Trinajstić information content (AvgIpc) is 2.96. The number of halogens is 1. The maximum atomic E-state index is 12.2. The molecule has 2 aliphatic carbocycles. The molecule has 0 spiro atoms. The van der Waals surface area contributed by atoms with Crippen LogP contribution >= 0.6 is 15.9 Å². The zero-order valence-electron chi connectivity index (χ0n) is 10.4. The van der Waals surface area contributed by atoms with Crippen LogP contribution < -0.4 is 5.32 Å². The van der Waals surface area contributed by atoms with Crippen molar-refractivity contribution >= 4 is 27.7 Å². The van der Waals surface area contributed by atoms with Gasteiger partial charge < -0.3 is 5.32 Å². The molecule has 2 fully saturated rings. The van der Waals surface area contributed by atoms with Gasteiger partial charge in [0.25, 0.3) is 0 Å². The van der Waals surface area contributed by atoms with Gasteiger partial charge in [0.15, 0.2) is 0 Å². The van der Waals surface area contributed by atoms with Gasteiger partial charge in [-0.15, -0.1) is 0 Å². The number of nitrogens with one attached hydrogen (secondary N) is 1. The lowest BCUT2D eigenvalue weighted by Gasteiger charge is -2.20. The van der Waals surface area contributed by atoms with Crippen molar-refractivity contribution in [1.29, 1.82) is 0 Å². The summed E-state index contributed by atoms with van der Waals surface area (Å²) in [5, 5.41) is 2.97. The zero-order chi connectivity index (χ0) is 12.7. The summed E-state index contributed by atoms with van der Waals surface area (Å²) in [6.45, 7) is 2.00. The number of hydrogen-bond donors (Lipinski definition) is 1. The molecule has 1 heterocycles. The first-order valence-corrected chi connectivity index (χ1v) is 7.36. The van der Waals surface area contributed by atoms with Gasteiger partial charge in [0.1, 0.15) is 5.82 Å². The number of nitrogens with zero attached hydrogens (tertiary/aromatic N) is 1. The SMILES string of the molecule is Cc1cc(NC(=O)C2CC3CCC2C3)ncc1Br. The highest BCUT2D eigenvalue weighted by Gasteiger charge is 2.43. The van der Waals surface area contributed by atoms with Crippen LogP contribution in [0.3, 0.4) is 0 Å². The van der Waals surface area contributed by atoms with Gasteiger partial charge in [-0.3, -0.25) is 4.79 Å². The van der Waals surface area contributed by atoms with Crippen LogP contribution in [-0.2, 0) is 4.79 Å². The van der Waals surface area contributed by atoms with Gasteiger partial charge in [0.2, 0.25) is 5.91 Å². The molecule has 18 heavy (non-hydrogen) atoms. The summed E-state index contributed by atoms with van der Waals surface area (Å²) in [6.07, 6.45) is 6.63. The third kappa shape index (κ3) is 2.18. The summed E-state index contributed by atoms with van der Waals surface area (Å²) in [5.74, 6) is 2.46. The molecular weight excluding hydrogens is 292 g/mol. The number of carbonyl (C=O) groups is 1. The molecule has 0 aromatic carbocycles. The van der Waals surface area contributed by atoms with E-state index in [4.69, 9.17) is 0 Å². The number of carbonyl (C=O) groups excluding carboxylic acids is 1. The van der Waals surface area contributed by atoms with Crippen LogP contribution in [0.1, 0.15) is 31.2 Å². The van der Waals surface area contributed by atoms with Crippen molar-refractivity contribution < 1.29 is 4.79 Å². The van der Waals surface area contributed by atoms with E-state index < -0.39 is 0 Å². The highest BCUT2D eigenvalue weighted by molar-refractivity contribution is 9.10. The lowest BCUT2D eigenvalue weighted by atomic mass is 9.88. The maximum Gasteiger partial charge on any atom is 0.228 e. The predicted molar refractivity (Wildman–Crippen MR) is 74.2 cm³/mol. The Bertz CT molecular complexity index is 489. The first kappa shape index (κ1) is 12.2.